The van der Waals surface area contributed by atoms with Crippen molar-refractivity contribution in [1.82, 2.24) is 10.3 Å². The molecule has 1 heterocycles. The first-order chi connectivity index (χ1) is 11.7. The highest BCUT2D eigenvalue weighted by atomic mass is 16.5. The number of rotatable bonds is 8. The van der Waals surface area contributed by atoms with Crippen LogP contribution in [0.1, 0.15) is 29.8 Å². The number of hydrogen-bond acceptors (Lipinski definition) is 5. The summed E-state index contributed by atoms with van der Waals surface area (Å²) in [4.78, 5) is 16.4. The molecule has 1 aromatic heterocycles. The Hall–Kier alpha value is -2.76. The first-order valence-corrected chi connectivity index (χ1v) is 7.84. The summed E-state index contributed by atoms with van der Waals surface area (Å²) in [5, 5.41) is 2.86. The monoisotopic (exact) mass is 330 g/mol. The van der Waals surface area contributed by atoms with Crippen molar-refractivity contribution >= 4 is 5.91 Å². The number of methoxy groups -OCH3 is 1. The zero-order chi connectivity index (χ0) is 17.4. The highest BCUT2D eigenvalue weighted by Gasteiger charge is 2.11. The second kappa shape index (κ2) is 8.76. The minimum absolute atomic E-state index is 0.185. The van der Waals surface area contributed by atoms with Crippen molar-refractivity contribution in [2.45, 2.75) is 20.4 Å². The topological polar surface area (TPSA) is 69.7 Å². The molecule has 0 atom stereocenters. The van der Waals surface area contributed by atoms with Gasteiger partial charge in [-0.25, -0.2) is 4.98 Å². The van der Waals surface area contributed by atoms with Gasteiger partial charge >= 0.3 is 0 Å². The van der Waals surface area contributed by atoms with E-state index in [9.17, 15) is 4.79 Å². The van der Waals surface area contributed by atoms with Gasteiger partial charge in [0.15, 0.2) is 11.5 Å². The molecule has 6 nitrogen and oxygen atoms in total. The quantitative estimate of drug-likeness (QED) is 0.806. The maximum atomic E-state index is 12.3. The van der Waals surface area contributed by atoms with Gasteiger partial charge in [-0.15, -0.1) is 0 Å². The number of amides is 1. The van der Waals surface area contributed by atoms with E-state index in [2.05, 4.69) is 10.3 Å². The van der Waals surface area contributed by atoms with Crippen LogP contribution in [0.3, 0.4) is 0 Å². The van der Waals surface area contributed by atoms with Crippen LogP contribution in [0, 0.1) is 0 Å². The molecule has 0 bridgehead atoms. The van der Waals surface area contributed by atoms with E-state index in [-0.39, 0.29) is 5.91 Å². The zero-order valence-corrected chi connectivity index (χ0v) is 14.2. The lowest BCUT2D eigenvalue weighted by molar-refractivity contribution is 0.0950. The number of carbonyl (C=O) groups excluding carboxylic acids is 1. The van der Waals surface area contributed by atoms with E-state index in [4.69, 9.17) is 14.2 Å². The Morgan fingerprint density at radius 1 is 1.08 bits per heavy atom. The van der Waals surface area contributed by atoms with E-state index >= 15 is 0 Å². The fourth-order valence-corrected chi connectivity index (χ4v) is 2.11. The maximum Gasteiger partial charge on any atom is 0.251 e. The summed E-state index contributed by atoms with van der Waals surface area (Å²) in [7, 11) is 1.56. The molecule has 2 rings (SSSR count). The van der Waals surface area contributed by atoms with Crippen molar-refractivity contribution in [2.24, 2.45) is 0 Å². The number of ether oxygens (including phenoxy) is 3. The van der Waals surface area contributed by atoms with Crippen molar-refractivity contribution in [3.8, 4) is 17.4 Å². The van der Waals surface area contributed by atoms with Gasteiger partial charge in [-0.1, -0.05) is 6.07 Å². The highest BCUT2D eigenvalue weighted by molar-refractivity contribution is 5.94. The number of pyridine rings is 1. The summed E-state index contributed by atoms with van der Waals surface area (Å²) in [6.45, 7) is 5.21. The molecule has 6 heteroatoms. The Balaban J connectivity index is 2.04. The summed E-state index contributed by atoms with van der Waals surface area (Å²) in [6, 6.07) is 8.77. The van der Waals surface area contributed by atoms with Crippen LogP contribution < -0.4 is 19.5 Å². The number of nitrogens with one attached hydrogen (secondary N) is 1. The predicted octanol–water partition coefficient (Wildman–Crippen LogP) is 2.82. The molecular weight excluding hydrogens is 308 g/mol. The molecule has 1 N–H and O–H groups in total. The predicted molar refractivity (Wildman–Crippen MR) is 90.7 cm³/mol. The Kier molecular flexibility index (Phi) is 6.42. The van der Waals surface area contributed by atoms with E-state index < -0.39 is 0 Å². The SMILES string of the molecule is CCOc1ccc(C(=O)NCc2ccc(OC)nc2)cc1OCC. The van der Waals surface area contributed by atoms with Crippen LogP contribution in [0.2, 0.25) is 0 Å². The van der Waals surface area contributed by atoms with E-state index in [0.717, 1.165) is 5.56 Å². The van der Waals surface area contributed by atoms with Gasteiger partial charge in [-0.2, -0.15) is 0 Å². The van der Waals surface area contributed by atoms with E-state index in [1.807, 2.05) is 19.9 Å². The number of aromatic nitrogens is 1. The zero-order valence-electron chi connectivity index (χ0n) is 14.2. The largest absolute Gasteiger partial charge is 0.490 e. The van der Waals surface area contributed by atoms with Gasteiger partial charge in [0.25, 0.3) is 5.91 Å². The first-order valence-electron chi connectivity index (χ1n) is 7.84. The van der Waals surface area contributed by atoms with Crippen LogP contribution in [0.4, 0.5) is 0 Å². The van der Waals surface area contributed by atoms with Crippen molar-refractivity contribution in [1.29, 1.82) is 0 Å². The van der Waals surface area contributed by atoms with Gasteiger partial charge in [0, 0.05) is 24.4 Å². The lowest BCUT2D eigenvalue weighted by atomic mass is 10.2. The van der Waals surface area contributed by atoms with Crippen LogP contribution in [-0.4, -0.2) is 31.2 Å². The minimum Gasteiger partial charge on any atom is -0.490 e. The Labute approximate surface area is 141 Å². The molecule has 0 fully saturated rings. The summed E-state index contributed by atoms with van der Waals surface area (Å²) >= 11 is 0. The molecule has 0 aliphatic rings. The van der Waals surface area contributed by atoms with Gasteiger partial charge in [0.05, 0.1) is 20.3 Å². The van der Waals surface area contributed by atoms with Crippen LogP contribution in [0.5, 0.6) is 17.4 Å². The molecule has 0 saturated carbocycles. The smallest absolute Gasteiger partial charge is 0.251 e. The molecule has 24 heavy (non-hydrogen) atoms. The maximum absolute atomic E-state index is 12.3. The third-order valence-electron chi connectivity index (χ3n) is 3.27. The fourth-order valence-electron chi connectivity index (χ4n) is 2.11. The van der Waals surface area contributed by atoms with E-state index in [1.54, 1.807) is 37.6 Å². The second-order valence-corrected chi connectivity index (χ2v) is 4.92. The third kappa shape index (κ3) is 4.62. The Morgan fingerprint density at radius 3 is 2.46 bits per heavy atom. The van der Waals surface area contributed by atoms with Gasteiger partial charge in [0.1, 0.15) is 0 Å². The molecule has 1 aromatic carbocycles. The van der Waals surface area contributed by atoms with Crippen molar-refractivity contribution < 1.29 is 19.0 Å². The number of carbonyl (C=O) groups is 1. The summed E-state index contributed by atoms with van der Waals surface area (Å²) in [5.41, 5.74) is 1.41. The molecule has 0 aliphatic carbocycles. The lowest BCUT2D eigenvalue weighted by Crippen LogP contribution is -2.23. The van der Waals surface area contributed by atoms with E-state index in [0.29, 0.717) is 42.7 Å². The molecule has 0 spiro atoms. The van der Waals surface area contributed by atoms with Gasteiger partial charge in [-0.05, 0) is 37.6 Å². The second-order valence-electron chi connectivity index (χ2n) is 4.92. The normalized spacial score (nSPS) is 10.1. The fraction of sp³-hybridized carbons (Fsp3) is 0.333. The Morgan fingerprint density at radius 2 is 1.83 bits per heavy atom. The van der Waals surface area contributed by atoms with Crippen molar-refractivity contribution in [2.75, 3.05) is 20.3 Å². The van der Waals surface area contributed by atoms with Gasteiger partial charge in [0.2, 0.25) is 5.88 Å². The van der Waals surface area contributed by atoms with Crippen LogP contribution in [-0.2, 0) is 6.54 Å². The number of benzene rings is 1. The highest BCUT2D eigenvalue weighted by Crippen LogP contribution is 2.28. The van der Waals surface area contributed by atoms with Crippen LogP contribution in [0.25, 0.3) is 0 Å². The van der Waals surface area contributed by atoms with Crippen LogP contribution >= 0.6 is 0 Å². The summed E-state index contributed by atoms with van der Waals surface area (Å²) in [6.07, 6.45) is 1.67. The summed E-state index contributed by atoms with van der Waals surface area (Å²) in [5.74, 6) is 1.56. The Bertz CT molecular complexity index is 671. The third-order valence-corrected chi connectivity index (χ3v) is 3.27. The first kappa shape index (κ1) is 17.6. The molecule has 1 amide bonds. The average molecular weight is 330 g/mol. The number of nitrogens with zero attached hydrogens (tertiary/aromatic N) is 1. The molecule has 128 valence electrons. The van der Waals surface area contributed by atoms with Crippen LogP contribution in [0.15, 0.2) is 36.5 Å². The standard InChI is InChI=1S/C18H22N2O4/c1-4-23-15-8-7-14(10-16(15)24-5-2)18(21)20-12-13-6-9-17(22-3)19-11-13/h6-11H,4-5,12H2,1-3H3,(H,20,21). The molecule has 0 saturated heterocycles. The molecule has 0 aliphatic heterocycles. The van der Waals surface area contributed by atoms with Crippen molar-refractivity contribution in [3.05, 3.63) is 47.7 Å². The van der Waals surface area contributed by atoms with Gasteiger partial charge in [-0.3, -0.25) is 4.79 Å². The number of hydrogen-bond donors (Lipinski definition) is 1. The summed E-state index contributed by atoms with van der Waals surface area (Å²) < 4.78 is 16.0. The average Bonchev–Trinajstić information content (AvgIpc) is 2.62. The lowest BCUT2D eigenvalue weighted by Gasteiger charge is -2.12. The molecular formula is C18H22N2O4. The molecule has 0 unspecified atom stereocenters. The molecule has 0 radical (unpaired) electrons. The van der Waals surface area contributed by atoms with E-state index in [1.165, 1.54) is 0 Å². The minimum atomic E-state index is -0.185. The molecule has 2 aromatic rings. The van der Waals surface area contributed by atoms with Gasteiger partial charge < -0.3 is 19.5 Å². The van der Waals surface area contributed by atoms with Crippen molar-refractivity contribution in [3.63, 3.8) is 0 Å².